The summed E-state index contributed by atoms with van der Waals surface area (Å²) in [6.07, 6.45) is 59.5. The second kappa shape index (κ2) is 49.5. The van der Waals surface area contributed by atoms with E-state index in [0.29, 0.717) is 17.4 Å². The average molecular weight is 993 g/mol. The highest BCUT2D eigenvalue weighted by molar-refractivity contribution is 7.47. The summed E-state index contributed by atoms with van der Waals surface area (Å²) < 4.78 is 30.6. The number of quaternary nitrogens is 1. The molecule has 69 heavy (non-hydrogen) atoms. The first kappa shape index (κ1) is 67.0. The molecule has 0 spiro atoms. The molecule has 2 N–H and O–H groups in total. The van der Waals surface area contributed by atoms with Gasteiger partial charge >= 0.3 is 13.8 Å². The summed E-state index contributed by atoms with van der Waals surface area (Å²) in [4.78, 5) is 37.6. The van der Waals surface area contributed by atoms with Gasteiger partial charge in [-0.05, 0) is 51.0 Å². The Hall–Kier alpha value is -2.03. The fourth-order valence-electron chi connectivity index (χ4n) is 8.35. The third-order valence-corrected chi connectivity index (χ3v) is 13.8. The van der Waals surface area contributed by atoms with Crippen molar-refractivity contribution in [3.05, 3.63) is 48.6 Å². The second-order valence-corrected chi connectivity index (χ2v) is 22.3. The maximum atomic E-state index is 13.5. The third kappa shape index (κ3) is 50.7. The molecular formula is C59H112N2O7P+. The van der Waals surface area contributed by atoms with Crippen molar-refractivity contribution < 1.29 is 37.3 Å². The molecule has 0 radical (unpaired) electrons. The van der Waals surface area contributed by atoms with Gasteiger partial charge in [0.15, 0.2) is 0 Å². The van der Waals surface area contributed by atoms with Gasteiger partial charge in [0.05, 0.1) is 33.8 Å². The Balaban J connectivity index is 5.33. The highest BCUT2D eigenvalue weighted by Crippen LogP contribution is 2.43. The Morgan fingerprint density at radius 2 is 0.928 bits per heavy atom. The van der Waals surface area contributed by atoms with Crippen molar-refractivity contribution in [3.8, 4) is 0 Å². The topological polar surface area (TPSA) is 111 Å². The Labute approximate surface area is 427 Å². The van der Waals surface area contributed by atoms with E-state index in [2.05, 4.69) is 62.5 Å². The summed E-state index contributed by atoms with van der Waals surface area (Å²) in [7, 11) is 1.49. The van der Waals surface area contributed by atoms with Crippen molar-refractivity contribution in [3.63, 3.8) is 0 Å². The zero-order chi connectivity index (χ0) is 50.8. The number of rotatable bonds is 52. The number of nitrogens with one attached hydrogen (secondary N) is 1. The molecule has 9 nitrogen and oxygen atoms in total. The van der Waals surface area contributed by atoms with Crippen LogP contribution in [-0.2, 0) is 27.9 Å². The SMILES string of the molecule is CC/C=C/C=C/C=C/CCCCCCCCCC(=O)OC(/C=C/CCCCCCCCCCCC)C(COP(=O)(O)OCC[N+](C)(C)C)NC(=O)CCCCCCCCCCCCCCCCCC. The van der Waals surface area contributed by atoms with Crippen LogP contribution in [-0.4, -0.2) is 74.3 Å². The summed E-state index contributed by atoms with van der Waals surface area (Å²) in [5.41, 5.74) is 0. The van der Waals surface area contributed by atoms with E-state index in [1.54, 1.807) is 0 Å². The van der Waals surface area contributed by atoms with Crippen LogP contribution in [0.5, 0.6) is 0 Å². The van der Waals surface area contributed by atoms with Crippen LogP contribution >= 0.6 is 7.82 Å². The number of allylic oxidation sites excluding steroid dienone is 7. The van der Waals surface area contributed by atoms with Gasteiger partial charge in [-0.25, -0.2) is 4.57 Å². The first-order chi connectivity index (χ1) is 33.4. The van der Waals surface area contributed by atoms with Gasteiger partial charge in [-0.15, -0.1) is 0 Å². The van der Waals surface area contributed by atoms with E-state index >= 15 is 0 Å². The molecule has 0 bridgehead atoms. The zero-order valence-electron chi connectivity index (χ0n) is 46.1. The molecule has 0 rings (SSSR count). The summed E-state index contributed by atoms with van der Waals surface area (Å²) in [6.45, 7) is 6.89. The summed E-state index contributed by atoms with van der Waals surface area (Å²) in [5.74, 6) is -0.512. The number of carbonyl (C=O) groups excluding carboxylic acids is 2. The first-order valence-corrected chi connectivity index (χ1v) is 30.5. The standard InChI is InChI=1S/C59H111N2O7P/c1-7-10-13-16-19-22-25-28-30-32-33-36-39-42-45-48-51-58(62)60-56(55-67-69(64,65)66-54-53-61(4,5)6)57(50-47-44-41-38-35-27-24-21-18-15-12-9-3)68-59(63)52-49-46-43-40-37-34-31-29-26-23-20-17-14-11-8-2/h11,14,17,20,23,26,47,50,56-57H,7-10,12-13,15-16,18-19,21-22,24-25,27-46,48-49,51-55H2,1-6H3,(H-,60,62,64,65)/p+1/b14-11+,20-17+,26-23+,50-47+. The number of nitrogens with zero attached hydrogens (tertiary/aromatic N) is 1. The number of ether oxygens (including phenoxy) is 1. The quantitative estimate of drug-likeness (QED) is 0.0156. The maximum absolute atomic E-state index is 13.5. The molecule has 0 aromatic carbocycles. The van der Waals surface area contributed by atoms with E-state index in [1.165, 1.54) is 154 Å². The van der Waals surface area contributed by atoms with Crippen molar-refractivity contribution >= 4 is 19.7 Å². The highest BCUT2D eigenvalue weighted by Gasteiger charge is 2.30. The molecule has 0 aromatic heterocycles. The van der Waals surface area contributed by atoms with Crippen LogP contribution in [0.2, 0.25) is 0 Å². The van der Waals surface area contributed by atoms with E-state index in [1.807, 2.05) is 33.3 Å². The van der Waals surface area contributed by atoms with E-state index in [0.717, 1.165) is 77.0 Å². The Morgan fingerprint density at radius 3 is 1.38 bits per heavy atom. The number of carbonyl (C=O) groups is 2. The first-order valence-electron chi connectivity index (χ1n) is 29.0. The molecule has 0 fully saturated rings. The molecule has 10 heteroatoms. The van der Waals surface area contributed by atoms with Crippen LogP contribution in [0.3, 0.4) is 0 Å². The summed E-state index contributed by atoms with van der Waals surface area (Å²) in [6, 6.07) is -0.849. The van der Waals surface area contributed by atoms with Crippen LogP contribution in [0.15, 0.2) is 48.6 Å². The van der Waals surface area contributed by atoms with Gasteiger partial charge in [0.1, 0.15) is 19.3 Å². The normalized spacial score (nSPS) is 14.1. The Morgan fingerprint density at radius 1 is 0.522 bits per heavy atom. The number of likely N-dealkylation sites (N-methyl/N-ethyl adjacent to an activating group) is 1. The molecule has 0 heterocycles. The number of hydrogen-bond donors (Lipinski definition) is 2. The number of esters is 1. The molecule has 0 aliphatic heterocycles. The molecule has 3 atom stereocenters. The second-order valence-electron chi connectivity index (χ2n) is 20.9. The summed E-state index contributed by atoms with van der Waals surface area (Å²) in [5, 5.41) is 3.05. The Bertz CT molecular complexity index is 1330. The fraction of sp³-hybridized carbons (Fsp3) is 0.831. The monoisotopic (exact) mass is 992 g/mol. The van der Waals surface area contributed by atoms with Crippen molar-refractivity contribution in [2.75, 3.05) is 40.9 Å². The van der Waals surface area contributed by atoms with Crippen LogP contribution in [0, 0.1) is 0 Å². The van der Waals surface area contributed by atoms with Gasteiger partial charge in [0.25, 0.3) is 0 Å². The number of amides is 1. The molecule has 3 unspecified atom stereocenters. The predicted molar refractivity (Wildman–Crippen MR) is 295 cm³/mol. The molecule has 404 valence electrons. The lowest BCUT2D eigenvalue weighted by molar-refractivity contribution is -0.870. The van der Waals surface area contributed by atoms with Crippen LogP contribution < -0.4 is 5.32 Å². The minimum Gasteiger partial charge on any atom is -0.456 e. The van der Waals surface area contributed by atoms with Crippen LogP contribution in [0.1, 0.15) is 265 Å². The summed E-state index contributed by atoms with van der Waals surface area (Å²) >= 11 is 0. The zero-order valence-corrected chi connectivity index (χ0v) is 47.0. The van der Waals surface area contributed by atoms with E-state index in [-0.39, 0.29) is 31.5 Å². The van der Waals surface area contributed by atoms with E-state index in [9.17, 15) is 19.0 Å². The lowest BCUT2D eigenvalue weighted by Crippen LogP contribution is -2.47. The van der Waals surface area contributed by atoms with Gasteiger partial charge in [-0.2, -0.15) is 0 Å². The number of unbranched alkanes of at least 4 members (excludes halogenated alkanes) is 32. The lowest BCUT2D eigenvalue weighted by Gasteiger charge is -2.27. The minimum atomic E-state index is -4.44. The minimum absolute atomic E-state index is 0.0390. The van der Waals surface area contributed by atoms with Gasteiger partial charge in [0.2, 0.25) is 5.91 Å². The van der Waals surface area contributed by atoms with E-state index < -0.39 is 20.0 Å². The largest absolute Gasteiger partial charge is 0.472 e. The molecule has 0 saturated heterocycles. The van der Waals surface area contributed by atoms with Gasteiger partial charge in [0, 0.05) is 12.8 Å². The molecule has 0 aromatic rings. The molecule has 1 amide bonds. The molecular weight excluding hydrogens is 880 g/mol. The predicted octanol–water partition coefficient (Wildman–Crippen LogP) is 17.3. The highest BCUT2D eigenvalue weighted by atomic mass is 31.2. The number of hydrogen-bond acceptors (Lipinski definition) is 6. The van der Waals surface area contributed by atoms with Crippen LogP contribution in [0.4, 0.5) is 0 Å². The van der Waals surface area contributed by atoms with Crippen molar-refractivity contribution in [1.29, 1.82) is 0 Å². The number of phosphoric acid groups is 1. The average Bonchev–Trinajstić information content (AvgIpc) is 3.31. The molecule has 0 aliphatic carbocycles. The Kier molecular flexibility index (Phi) is 48.1. The van der Waals surface area contributed by atoms with Crippen molar-refractivity contribution in [2.45, 2.75) is 277 Å². The van der Waals surface area contributed by atoms with Crippen molar-refractivity contribution in [2.24, 2.45) is 0 Å². The van der Waals surface area contributed by atoms with Crippen LogP contribution in [0.25, 0.3) is 0 Å². The lowest BCUT2D eigenvalue weighted by atomic mass is 10.0. The molecule has 0 saturated carbocycles. The van der Waals surface area contributed by atoms with E-state index in [4.69, 9.17) is 13.8 Å². The smallest absolute Gasteiger partial charge is 0.456 e. The molecule has 0 aliphatic rings. The number of phosphoric ester groups is 1. The van der Waals surface area contributed by atoms with Crippen molar-refractivity contribution in [1.82, 2.24) is 5.32 Å². The van der Waals surface area contributed by atoms with Gasteiger partial charge in [-0.3, -0.25) is 18.6 Å². The third-order valence-electron chi connectivity index (χ3n) is 12.8. The van der Waals surface area contributed by atoms with Gasteiger partial charge in [-0.1, -0.05) is 250 Å². The fourth-order valence-corrected chi connectivity index (χ4v) is 9.09. The van der Waals surface area contributed by atoms with Gasteiger partial charge < -0.3 is 19.4 Å². The maximum Gasteiger partial charge on any atom is 0.472 e.